The Balaban J connectivity index is 2.44. The van der Waals surface area contributed by atoms with Crippen molar-refractivity contribution in [2.24, 2.45) is 0 Å². The molecule has 0 fully saturated rings. The minimum atomic E-state index is -3.68. The maximum atomic E-state index is 12.4. The number of hydrogen-bond donors (Lipinski definition) is 2. The molecular formula is C13H12ClIN2O2S. The van der Waals surface area contributed by atoms with Crippen LogP contribution in [0, 0.1) is 10.5 Å². The fraction of sp³-hybridized carbons (Fsp3) is 0.0769. The molecule has 0 amide bonds. The molecule has 0 heterocycles. The van der Waals surface area contributed by atoms with Gasteiger partial charge in [-0.1, -0.05) is 17.7 Å². The number of nitrogens with two attached hydrogens (primary N) is 1. The minimum Gasteiger partial charge on any atom is -0.398 e. The molecular weight excluding hydrogens is 411 g/mol. The van der Waals surface area contributed by atoms with E-state index in [1.54, 1.807) is 37.3 Å². The Morgan fingerprint density at radius 2 is 1.95 bits per heavy atom. The second-order valence-electron chi connectivity index (χ2n) is 4.20. The summed E-state index contributed by atoms with van der Waals surface area (Å²) in [6.07, 6.45) is 0. The van der Waals surface area contributed by atoms with E-state index in [-0.39, 0.29) is 4.90 Å². The maximum Gasteiger partial charge on any atom is 0.262 e. The molecule has 4 nitrogen and oxygen atoms in total. The molecule has 0 bridgehead atoms. The zero-order valence-electron chi connectivity index (χ0n) is 10.5. The summed E-state index contributed by atoms with van der Waals surface area (Å²) in [6, 6.07) is 9.75. The van der Waals surface area contributed by atoms with Gasteiger partial charge in [0.25, 0.3) is 10.0 Å². The predicted molar refractivity (Wildman–Crippen MR) is 90.6 cm³/mol. The lowest BCUT2D eigenvalue weighted by molar-refractivity contribution is 0.600. The molecule has 0 radical (unpaired) electrons. The van der Waals surface area contributed by atoms with E-state index in [1.165, 1.54) is 6.07 Å². The molecule has 0 spiro atoms. The monoisotopic (exact) mass is 422 g/mol. The summed E-state index contributed by atoms with van der Waals surface area (Å²) >= 11 is 7.88. The number of sulfonamides is 1. The topological polar surface area (TPSA) is 72.2 Å². The summed E-state index contributed by atoms with van der Waals surface area (Å²) in [5, 5.41) is 0.553. The summed E-state index contributed by atoms with van der Waals surface area (Å²) in [5.41, 5.74) is 7.21. The highest BCUT2D eigenvalue weighted by Gasteiger charge is 2.19. The number of anilines is 2. The molecule has 0 aliphatic carbocycles. The summed E-state index contributed by atoms with van der Waals surface area (Å²) in [6.45, 7) is 1.68. The molecule has 2 aromatic carbocycles. The van der Waals surface area contributed by atoms with Crippen LogP contribution in [0.5, 0.6) is 0 Å². The largest absolute Gasteiger partial charge is 0.398 e. The fourth-order valence-electron chi connectivity index (χ4n) is 1.69. The van der Waals surface area contributed by atoms with Gasteiger partial charge in [-0.2, -0.15) is 0 Å². The van der Waals surface area contributed by atoms with Gasteiger partial charge in [0, 0.05) is 14.3 Å². The Kier molecular flexibility index (Phi) is 4.46. The molecule has 0 aliphatic rings. The van der Waals surface area contributed by atoms with Crippen LogP contribution >= 0.6 is 34.2 Å². The lowest BCUT2D eigenvalue weighted by atomic mass is 10.2. The SMILES string of the molecule is Cc1c(N)cccc1S(=O)(=O)Nc1ccc(Cl)cc1I. The first kappa shape index (κ1) is 15.4. The molecule has 0 aromatic heterocycles. The second-order valence-corrected chi connectivity index (χ2v) is 7.45. The van der Waals surface area contributed by atoms with Crippen LogP contribution in [0.25, 0.3) is 0 Å². The van der Waals surface area contributed by atoms with Crippen molar-refractivity contribution in [2.45, 2.75) is 11.8 Å². The van der Waals surface area contributed by atoms with Crippen LogP contribution in [0.4, 0.5) is 11.4 Å². The second kappa shape index (κ2) is 5.79. The van der Waals surface area contributed by atoms with Gasteiger partial charge in [0.15, 0.2) is 0 Å². The Morgan fingerprint density at radius 3 is 2.60 bits per heavy atom. The van der Waals surface area contributed by atoms with Gasteiger partial charge in [-0.05, 0) is 65.4 Å². The van der Waals surface area contributed by atoms with Crippen molar-refractivity contribution in [3.63, 3.8) is 0 Å². The lowest BCUT2D eigenvalue weighted by Gasteiger charge is -2.13. The van der Waals surface area contributed by atoms with E-state index in [9.17, 15) is 8.42 Å². The van der Waals surface area contributed by atoms with Gasteiger partial charge < -0.3 is 5.73 Å². The van der Waals surface area contributed by atoms with Gasteiger partial charge >= 0.3 is 0 Å². The molecule has 2 rings (SSSR count). The van der Waals surface area contributed by atoms with Gasteiger partial charge in [-0.3, -0.25) is 4.72 Å². The van der Waals surface area contributed by atoms with Crippen molar-refractivity contribution < 1.29 is 8.42 Å². The number of hydrogen-bond acceptors (Lipinski definition) is 3. The van der Waals surface area contributed by atoms with Crippen LogP contribution in [0.15, 0.2) is 41.3 Å². The Bertz CT molecular complexity index is 763. The lowest BCUT2D eigenvalue weighted by Crippen LogP contribution is -2.15. The first-order chi connectivity index (χ1) is 9.31. The molecule has 0 unspecified atom stereocenters. The van der Waals surface area contributed by atoms with E-state index in [2.05, 4.69) is 4.72 Å². The third-order valence-corrected chi connectivity index (χ3v) is 5.43. The van der Waals surface area contributed by atoms with E-state index < -0.39 is 10.0 Å². The number of benzene rings is 2. The van der Waals surface area contributed by atoms with E-state index in [1.807, 2.05) is 22.6 Å². The van der Waals surface area contributed by atoms with E-state index in [0.717, 1.165) is 3.57 Å². The summed E-state index contributed by atoms with van der Waals surface area (Å²) < 4.78 is 28.1. The van der Waals surface area contributed by atoms with E-state index in [0.29, 0.717) is 22.0 Å². The van der Waals surface area contributed by atoms with Gasteiger partial charge in [0.2, 0.25) is 0 Å². The maximum absolute atomic E-state index is 12.4. The van der Waals surface area contributed by atoms with Gasteiger partial charge in [-0.15, -0.1) is 0 Å². The van der Waals surface area contributed by atoms with Crippen LogP contribution in [-0.2, 0) is 10.0 Å². The van der Waals surface area contributed by atoms with E-state index >= 15 is 0 Å². The van der Waals surface area contributed by atoms with Crippen molar-refractivity contribution in [2.75, 3.05) is 10.5 Å². The Morgan fingerprint density at radius 1 is 1.25 bits per heavy atom. The highest BCUT2D eigenvalue weighted by molar-refractivity contribution is 14.1. The van der Waals surface area contributed by atoms with Gasteiger partial charge in [0.05, 0.1) is 10.6 Å². The molecule has 0 saturated heterocycles. The highest BCUT2D eigenvalue weighted by atomic mass is 127. The molecule has 3 N–H and O–H groups in total. The van der Waals surface area contributed by atoms with Crippen LogP contribution in [-0.4, -0.2) is 8.42 Å². The third kappa shape index (κ3) is 3.18. The van der Waals surface area contributed by atoms with E-state index in [4.69, 9.17) is 17.3 Å². The summed E-state index contributed by atoms with van der Waals surface area (Å²) in [7, 11) is -3.68. The van der Waals surface area contributed by atoms with Crippen molar-refractivity contribution in [3.8, 4) is 0 Å². The number of halogens is 2. The number of rotatable bonds is 3. The van der Waals surface area contributed by atoms with Crippen LogP contribution in [0.2, 0.25) is 5.02 Å². The van der Waals surface area contributed by atoms with Crippen LogP contribution < -0.4 is 10.5 Å². The Labute approximate surface area is 136 Å². The zero-order chi connectivity index (χ0) is 14.9. The third-order valence-electron chi connectivity index (χ3n) is 2.79. The average molecular weight is 423 g/mol. The minimum absolute atomic E-state index is 0.170. The van der Waals surface area contributed by atoms with Crippen molar-refractivity contribution in [1.82, 2.24) is 0 Å². The smallest absolute Gasteiger partial charge is 0.262 e. The van der Waals surface area contributed by atoms with Crippen molar-refractivity contribution in [3.05, 3.63) is 50.6 Å². The molecule has 0 aliphatic heterocycles. The Hall–Kier alpha value is -0.990. The van der Waals surface area contributed by atoms with Crippen LogP contribution in [0.1, 0.15) is 5.56 Å². The van der Waals surface area contributed by atoms with Crippen molar-refractivity contribution >= 4 is 55.6 Å². The average Bonchev–Trinajstić information content (AvgIpc) is 2.36. The summed E-state index contributed by atoms with van der Waals surface area (Å²) in [4.78, 5) is 0.170. The quantitative estimate of drug-likeness (QED) is 0.586. The number of nitrogen functional groups attached to an aromatic ring is 1. The standard InChI is InChI=1S/C13H12ClIN2O2S/c1-8-11(16)3-2-4-13(8)20(18,19)17-12-6-5-9(14)7-10(12)15/h2-7,17H,16H2,1H3. The fourth-order valence-corrected chi connectivity index (χ4v) is 4.24. The first-order valence-corrected chi connectivity index (χ1v) is 8.58. The zero-order valence-corrected chi connectivity index (χ0v) is 14.3. The summed E-state index contributed by atoms with van der Waals surface area (Å²) in [5.74, 6) is 0. The molecule has 20 heavy (non-hydrogen) atoms. The highest BCUT2D eigenvalue weighted by Crippen LogP contribution is 2.27. The normalized spacial score (nSPS) is 11.3. The molecule has 0 saturated carbocycles. The number of nitrogens with one attached hydrogen (secondary N) is 1. The first-order valence-electron chi connectivity index (χ1n) is 5.64. The van der Waals surface area contributed by atoms with Crippen molar-refractivity contribution in [1.29, 1.82) is 0 Å². The van der Waals surface area contributed by atoms with Crippen LogP contribution in [0.3, 0.4) is 0 Å². The predicted octanol–water partition coefficient (Wildman–Crippen LogP) is 3.64. The molecule has 2 aromatic rings. The molecule has 0 atom stereocenters. The molecule has 106 valence electrons. The van der Waals surface area contributed by atoms with Gasteiger partial charge in [-0.25, -0.2) is 8.42 Å². The van der Waals surface area contributed by atoms with Gasteiger partial charge in [0.1, 0.15) is 0 Å². The molecule has 7 heteroatoms.